The van der Waals surface area contributed by atoms with Gasteiger partial charge in [0.05, 0.1) is 24.9 Å². The van der Waals surface area contributed by atoms with Gasteiger partial charge in [-0.05, 0) is 33.5 Å². The van der Waals surface area contributed by atoms with E-state index in [1.807, 2.05) is 0 Å². The van der Waals surface area contributed by atoms with Gasteiger partial charge >= 0.3 is 6.80 Å². The average molecular weight is 516 g/mol. The van der Waals surface area contributed by atoms with Crippen LogP contribution in [0, 0.1) is 39.4 Å². The lowest BCUT2D eigenvalue weighted by Gasteiger charge is -2.41. The van der Waals surface area contributed by atoms with E-state index in [9.17, 15) is 4.57 Å². The fourth-order valence-electron chi connectivity index (χ4n) is 6.67. The Bertz CT molecular complexity index is 752. The van der Waals surface area contributed by atoms with Crippen molar-refractivity contribution in [2.75, 3.05) is 6.61 Å². The second-order valence-corrected chi connectivity index (χ2v) is 17.9. The van der Waals surface area contributed by atoms with Crippen molar-refractivity contribution in [3.63, 3.8) is 0 Å². The Kier molecular flexibility index (Phi) is 9.07. The molecule has 9 atom stereocenters. The summed E-state index contributed by atoms with van der Waals surface area (Å²) in [5.74, 6) is 0.687. The van der Waals surface area contributed by atoms with Crippen molar-refractivity contribution in [1.82, 2.24) is 0 Å². The Morgan fingerprint density at radius 2 is 1.18 bits per heavy atom. The van der Waals surface area contributed by atoms with E-state index in [1.54, 1.807) is 0 Å². The Balaban J connectivity index is 2.24. The first kappa shape index (κ1) is 30.8. The molecule has 0 saturated carbocycles. The zero-order valence-corrected chi connectivity index (χ0v) is 26.1. The van der Waals surface area contributed by atoms with Gasteiger partial charge in [-0.15, -0.1) is 0 Å². The van der Waals surface area contributed by atoms with E-state index in [0.29, 0.717) is 5.92 Å². The number of thiol groups is 1. The first-order chi connectivity index (χ1) is 15.0. The Morgan fingerprint density at radius 1 is 0.735 bits per heavy atom. The minimum absolute atomic E-state index is 0.0145. The van der Waals surface area contributed by atoms with Crippen molar-refractivity contribution in [2.45, 2.75) is 113 Å². The molecule has 9 heteroatoms. The van der Waals surface area contributed by atoms with E-state index in [0.717, 1.165) is 0 Å². The fourth-order valence-corrected chi connectivity index (χ4v) is 8.14. The number of hydrogen-bond donors (Lipinski definition) is 1. The topological polar surface area (TPSA) is 54.0 Å². The first-order valence-electron chi connectivity index (χ1n) is 12.9. The molecule has 0 spiro atoms. The van der Waals surface area contributed by atoms with Crippen LogP contribution in [-0.2, 0) is 23.1 Å². The van der Waals surface area contributed by atoms with Crippen molar-refractivity contribution in [1.29, 1.82) is 0 Å². The molecule has 0 aromatic heterocycles. The van der Waals surface area contributed by atoms with Crippen LogP contribution in [-0.4, -0.2) is 52.6 Å². The molecule has 34 heavy (non-hydrogen) atoms. The Morgan fingerprint density at radius 3 is 1.59 bits per heavy atom. The molecule has 2 heterocycles. The van der Waals surface area contributed by atoms with Crippen molar-refractivity contribution >= 4 is 34.7 Å². The van der Waals surface area contributed by atoms with Gasteiger partial charge < -0.3 is 9.47 Å². The van der Waals surface area contributed by atoms with Crippen LogP contribution >= 0.6 is 19.0 Å². The predicted octanol–water partition coefficient (Wildman–Crippen LogP) is 5.18. The lowest BCUT2D eigenvalue weighted by Crippen LogP contribution is -2.43. The minimum atomic E-state index is -3.66. The van der Waals surface area contributed by atoms with Crippen LogP contribution in [0.2, 0.25) is 0 Å². The van der Waals surface area contributed by atoms with E-state index >= 15 is 0 Å². The van der Waals surface area contributed by atoms with E-state index in [2.05, 4.69) is 111 Å². The maximum absolute atomic E-state index is 13.6. The molecule has 2 unspecified atom stereocenters. The molecule has 0 aromatic carbocycles. The highest BCUT2D eigenvalue weighted by atomic mass is 32.7. The SMILES string of the molecule is B[C@@H]1O[C@H](C(C)(C)C)C(O[P@](=O)(S)OC[C@H]2O[C@@H](B)[C@@H](C(C)(C)C)C2C(C)(C)C)[C@@H]1C(C)(C)C. The maximum Gasteiger partial charge on any atom is 0.386 e. The van der Waals surface area contributed by atoms with Crippen LogP contribution in [0.25, 0.3) is 0 Å². The second-order valence-electron chi connectivity index (χ2n) is 15.0. The molecule has 2 aliphatic rings. The average Bonchev–Trinajstić information content (AvgIpc) is 3.08. The van der Waals surface area contributed by atoms with Gasteiger partial charge in [0.15, 0.2) is 0 Å². The molecule has 198 valence electrons. The summed E-state index contributed by atoms with van der Waals surface area (Å²) < 4.78 is 38.6. The van der Waals surface area contributed by atoms with E-state index in [4.69, 9.17) is 18.5 Å². The van der Waals surface area contributed by atoms with E-state index in [-0.39, 0.29) is 70.4 Å². The number of hydrogen-bond acceptors (Lipinski definition) is 5. The molecular weight excluding hydrogens is 465 g/mol. The van der Waals surface area contributed by atoms with Gasteiger partial charge in [-0.25, -0.2) is 4.57 Å². The smallest absolute Gasteiger partial charge is 0.381 e. The summed E-state index contributed by atoms with van der Waals surface area (Å²) in [6.45, 7) is 23.0. The summed E-state index contributed by atoms with van der Waals surface area (Å²) in [5.41, 5.74) is -0.154. The van der Waals surface area contributed by atoms with Gasteiger partial charge in [0.25, 0.3) is 0 Å². The van der Waals surface area contributed by atoms with Crippen LogP contribution in [0.15, 0.2) is 0 Å². The van der Waals surface area contributed by atoms with Crippen LogP contribution in [0.3, 0.4) is 0 Å². The number of rotatable bonds is 5. The Hall–Kier alpha value is 0.550. The third-order valence-corrected chi connectivity index (χ3v) is 9.33. The van der Waals surface area contributed by atoms with E-state index in [1.165, 1.54) is 0 Å². The highest BCUT2D eigenvalue weighted by Gasteiger charge is 2.55. The van der Waals surface area contributed by atoms with Crippen LogP contribution in [0.5, 0.6) is 0 Å². The zero-order valence-electron chi connectivity index (χ0n) is 24.3. The largest absolute Gasteiger partial charge is 0.386 e. The molecule has 0 aromatic rings. The molecule has 2 rings (SSSR count). The van der Waals surface area contributed by atoms with Gasteiger partial charge in [-0.1, -0.05) is 95.3 Å². The van der Waals surface area contributed by atoms with Crippen molar-refractivity contribution in [3.8, 4) is 0 Å². The van der Waals surface area contributed by atoms with Gasteiger partial charge in [0.1, 0.15) is 15.7 Å². The third-order valence-electron chi connectivity index (χ3n) is 7.71. The van der Waals surface area contributed by atoms with Gasteiger partial charge in [0.2, 0.25) is 0 Å². The normalized spacial score (nSPS) is 37.7. The molecule has 2 aliphatic heterocycles. The fraction of sp³-hybridized carbons (Fsp3) is 1.00. The van der Waals surface area contributed by atoms with Crippen LogP contribution in [0.4, 0.5) is 0 Å². The van der Waals surface area contributed by atoms with Crippen molar-refractivity contribution in [3.05, 3.63) is 0 Å². The maximum atomic E-state index is 13.6. The summed E-state index contributed by atoms with van der Waals surface area (Å²) in [6, 6.07) is 0.0806. The molecule has 2 saturated heterocycles. The molecule has 0 aliphatic carbocycles. The summed E-state index contributed by atoms with van der Waals surface area (Å²) in [4.78, 5) is 0. The van der Waals surface area contributed by atoms with Gasteiger partial charge in [0, 0.05) is 17.9 Å². The summed E-state index contributed by atoms with van der Waals surface area (Å²) in [7, 11) is 4.22. The first-order valence-corrected chi connectivity index (χ1v) is 15.6. The summed E-state index contributed by atoms with van der Waals surface area (Å²) in [6.07, 6.45) is -0.743. The molecular formula is C25H51B2O5PS. The second kappa shape index (κ2) is 10.0. The lowest BCUT2D eigenvalue weighted by molar-refractivity contribution is -0.0356. The van der Waals surface area contributed by atoms with Crippen molar-refractivity contribution in [2.24, 2.45) is 39.4 Å². The zero-order chi connectivity index (χ0) is 26.7. The standard InChI is InChI=1S/C25H51B2O5PS/c1-22(2,3)15-14(30-20(26)16(15)23(4,5)6)13-29-33(28,34)32-18-17(24(7,8)9)21(27)31-19(18)25(10,11)12/h14-21H,13,26-27H2,1-12H3,(H,28,34)/t14-,15?,16+,17+,18?,19+,20-,21-,33-/m1/s1. The van der Waals surface area contributed by atoms with Crippen LogP contribution in [0.1, 0.15) is 83.1 Å². The van der Waals surface area contributed by atoms with E-state index < -0.39 is 6.80 Å². The monoisotopic (exact) mass is 516 g/mol. The molecule has 0 bridgehead atoms. The highest BCUT2D eigenvalue weighted by Crippen LogP contribution is 2.60. The van der Waals surface area contributed by atoms with Gasteiger partial charge in [-0.2, -0.15) is 0 Å². The quantitative estimate of drug-likeness (QED) is 0.310. The summed E-state index contributed by atoms with van der Waals surface area (Å²) in [5, 5.41) is 0. The molecule has 2 fully saturated rings. The molecule has 0 amide bonds. The lowest BCUT2D eigenvalue weighted by atomic mass is 9.59. The third kappa shape index (κ3) is 7.10. The molecule has 5 nitrogen and oxygen atoms in total. The minimum Gasteiger partial charge on any atom is -0.381 e. The van der Waals surface area contributed by atoms with Crippen molar-refractivity contribution < 1.29 is 23.1 Å². The predicted molar refractivity (Wildman–Crippen MR) is 150 cm³/mol. The van der Waals surface area contributed by atoms with Crippen LogP contribution < -0.4 is 0 Å². The highest BCUT2D eigenvalue weighted by molar-refractivity contribution is 8.44. The van der Waals surface area contributed by atoms with Gasteiger partial charge in [-0.3, -0.25) is 9.05 Å². The Labute approximate surface area is 217 Å². The molecule has 0 N–H and O–H groups in total. The summed E-state index contributed by atoms with van der Waals surface area (Å²) >= 11 is 4.44. The molecule has 0 radical (unpaired) electrons. The number of ether oxygens (including phenoxy) is 2.